The standard InChI is InChI=1S/C15H30O/c1-12(11-16)9-10-14-8-6-5-7-13(2)15(14,3)4/h12-14,16H,5-11H2,1-4H3. The van der Waals surface area contributed by atoms with E-state index < -0.39 is 0 Å². The fourth-order valence-electron chi connectivity index (χ4n) is 3.08. The maximum atomic E-state index is 9.10. The topological polar surface area (TPSA) is 20.2 Å². The Morgan fingerprint density at radius 1 is 1.25 bits per heavy atom. The molecule has 3 unspecified atom stereocenters. The van der Waals surface area contributed by atoms with Crippen LogP contribution in [-0.4, -0.2) is 11.7 Å². The number of rotatable bonds is 4. The van der Waals surface area contributed by atoms with Crippen LogP contribution in [-0.2, 0) is 0 Å². The zero-order chi connectivity index (χ0) is 12.2. The third kappa shape index (κ3) is 3.48. The molecule has 1 saturated carbocycles. The maximum Gasteiger partial charge on any atom is 0.0456 e. The summed E-state index contributed by atoms with van der Waals surface area (Å²) in [5, 5.41) is 9.10. The Hall–Kier alpha value is -0.0400. The van der Waals surface area contributed by atoms with E-state index in [2.05, 4.69) is 27.7 Å². The Morgan fingerprint density at radius 3 is 2.50 bits per heavy atom. The first-order valence-corrected chi connectivity index (χ1v) is 7.09. The highest BCUT2D eigenvalue weighted by Crippen LogP contribution is 2.45. The Labute approximate surface area is 102 Å². The lowest BCUT2D eigenvalue weighted by Gasteiger charge is -2.38. The van der Waals surface area contributed by atoms with Crippen LogP contribution in [0.25, 0.3) is 0 Å². The van der Waals surface area contributed by atoms with Crippen molar-refractivity contribution < 1.29 is 5.11 Å². The summed E-state index contributed by atoms with van der Waals surface area (Å²) in [7, 11) is 0. The van der Waals surface area contributed by atoms with Gasteiger partial charge in [0, 0.05) is 6.61 Å². The van der Waals surface area contributed by atoms with Crippen LogP contribution in [0, 0.1) is 23.2 Å². The van der Waals surface area contributed by atoms with Gasteiger partial charge in [0.25, 0.3) is 0 Å². The van der Waals surface area contributed by atoms with Crippen molar-refractivity contribution in [2.24, 2.45) is 23.2 Å². The molecule has 96 valence electrons. The van der Waals surface area contributed by atoms with E-state index in [0.717, 1.165) is 11.8 Å². The van der Waals surface area contributed by atoms with Gasteiger partial charge in [-0.05, 0) is 42.4 Å². The Balaban J connectivity index is 2.54. The predicted molar refractivity (Wildman–Crippen MR) is 70.4 cm³/mol. The van der Waals surface area contributed by atoms with E-state index in [4.69, 9.17) is 5.11 Å². The molecular formula is C15H30O. The summed E-state index contributed by atoms with van der Waals surface area (Å²) in [5.41, 5.74) is 0.492. The molecule has 1 aliphatic carbocycles. The minimum Gasteiger partial charge on any atom is -0.396 e. The Bertz CT molecular complexity index is 198. The monoisotopic (exact) mass is 226 g/mol. The van der Waals surface area contributed by atoms with Gasteiger partial charge in [0.1, 0.15) is 0 Å². The van der Waals surface area contributed by atoms with Crippen molar-refractivity contribution in [3.05, 3.63) is 0 Å². The first-order chi connectivity index (χ1) is 7.48. The van der Waals surface area contributed by atoms with Gasteiger partial charge in [0.15, 0.2) is 0 Å². The van der Waals surface area contributed by atoms with Crippen molar-refractivity contribution >= 4 is 0 Å². The first kappa shape index (κ1) is 14.0. The molecule has 0 aromatic rings. The summed E-state index contributed by atoms with van der Waals surface area (Å²) in [5.74, 6) is 2.19. The van der Waals surface area contributed by atoms with Crippen molar-refractivity contribution in [3.63, 3.8) is 0 Å². The van der Waals surface area contributed by atoms with E-state index in [-0.39, 0.29) is 0 Å². The molecule has 3 atom stereocenters. The van der Waals surface area contributed by atoms with Gasteiger partial charge in [-0.1, -0.05) is 47.0 Å². The first-order valence-electron chi connectivity index (χ1n) is 7.09. The Morgan fingerprint density at radius 2 is 1.88 bits per heavy atom. The average Bonchev–Trinajstić information content (AvgIpc) is 2.37. The quantitative estimate of drug-likeness (QED) is 0.711. The lowest BCUT2D eigenvalue weighted by molar-refractivity contribution is 0.110. The van der Waals surface area contributed by atoms with Crippen molar-refractivity contribution in [1.29, 1.82) is 0 Å². The molecule has 0 radical (unpaired) electrons. The lowest BCUT2D eigenvalue weighted by atomic mass is 9.67. The van der Waals surface area contributed by atoms with Crippen LogP contribution in [0.5, 0.6) is 0 Å². The highest BCUT2D eigenvalue weighted by molar-refractivity contribution is 4.85. The largest absolute Gasteiger partial charge is 0.396 e. The summed E-state index contributed by atoms with van der Waals surface area (Å²) >= 11 is 0. The van der Waals surface area contributed by atoms with Crippen molar-refractivity contribution in [1.82, 2.24) is 0 Å². The Kier molecular flexibility index (Phi) is 5.30. The summed E-state index contributed by atoms with van der Waals surface area (Å²) in [6, 6.07) is 0. The molecule has 16 heavy (non-hydrogen) atoms. The van der Waals surface area contributed by atoms with E-state index in [1.807, 2.05) is 0 Å². The number of aliphatic hydroxyl groups excluding tert-OH is 1. The zero-order valence-corrected chi connectivity index (χ0v) is 11.6. The second kappa shape index (κ2) is 6.05. The lowest BCUT2D eigenvalue weighted by Crippen LogP contribution is -2.30. The second-order valence-electron chi connectivity index (χ2n) is 6.57. The van der Waals surface area contributed by atoms with Gasteiger partial charge in [-0.3, -0.25) is 0 Å². The van der Waals surface area contributed by atoms with Crippen LogP contribution in [0.2, 0.25) is 0 Å². The summed E-state index contributed by atoms with van der Waals surface area (Å²) in [4.78, 5) is 0. The normalized spacial score (nSPS) is 32.1. The minimum absolute atomic E-state index is 0.350. The third-order valence-electron chi connectivity index (χ3n) is 5.08. The second-order valence-corrected chi connectivity index (χ2v) is 6.57. The van der Waals surface area contributed by atoms with Crippen LogP contribution < -0.4 is 0 Å². The van der Waals surface area contributed by atoms with Gasteiger partial charge in [0.2, 0.25) is 0 Å². The van der Waals surface area contributed by atoms with E-state index in [1.165, 1.54) is 38.5 Å². The van der Waals surface area contributed by atoms with Crippen LogP contribution in [0.4, 0.5) is 0 Å². The molecule has 0 spiro atoms. The van der Waals surface area contributed by atoms with Crippen LogP contribution in [0.15, 0.2) is 0 Å². The number of hydrogen-bond donors (Lipinski definition) is 1. The van der Waals surface area contributed by atoms with Crippen LogP contribution in [0.1, 0.15) is 66.2 Å². The maximum absolute atomic E-state index is 9.10. The molecule has 0 saturated heterocycles. The van der Waals surface area contributed by atoms with Crippen molar-refractivity contribution in [3.8, 4) is 0 Å². The number of hydrogen-bond acceptors (Lipinski definition) is 1. The molecule has 0 amide bonds. The highest BCUT2D eigenvalue weighted by Gasteiger charge is 2.35. The summed E-state index contributed by atoms with van der Waals surface area (Å²) < 4.78 is 0. The molecule has 1 fully saturated rings. The summed E-state index contributed by atoms with van der Waals surface area (Å²) in [6.45, 7) is 9.85. The van der Waals surface area contributed by atoms with Crippen LogP contribution >= 0.6 is 0 Å². The molecule has 0 heterocycles. The molecule has 1 rings (SSSR count). The molecule has 1 heteroatoms. The highest BCUT2D eigenvalue weighted by atomic mass is 16.3. The van der Waals surface area contributed by atoms with Crippen molar-refractivity contribution in [2.75, 3.05) is 6.61 Å². The smallest absolute Gasteiger partial charge is 0.0456 e. The van der Waals surface area contributed by atoms with Gasteiger partial charge >= 0.3 is 0 Å². The van der Waals surface area contributed by atoms with E-state index in [0.29, 0.717) is 17.9 Å². The molecule has 1 nitrogen and oxygen atoms in total. The van der Waals surface area contributed by atoms with Crippen LogP contribution in [0.3, 0.4) is 0 Å². The molecule has 0 aliphatic heterocycles. The SMILES string of the molecule is CC(CO)CCC1CCCCC(C)C1(C)C. The van der Waals surface area contributed by atoms with E-state index >= 15 is 0 Å². The number of aliphatic hydroxyl groups is 1. The fourth-order valence-corrected chi connectivity index (χ4v) is 3.08. The van der Waals surface area contributed by atoms with E-state index in [1.54, 1.807) is 0 Å². The molecule has 0 aromatic heterocycles. The van der Waals surface area contributed by atoms with E-state index in [9.17, 15) is 0 Å². The average molecular weight is 226 g/mol. The van der Waals surface area contributed by atoms with Crippen molar-refractivity contribution in [2.45, 2.75) is 66.2 Å². The van der Waals surface area contributed by atoms with Gasteiger partial charge in [-0.25, -0.2) is 0 Å². The molecule has 1 N–H and O–H groups in total. The van der Waals surface area contributed by atoms with Gasteiger partial charge in [0.05, 0.1) is 0 Å². The molecule has 1 aliphatic rings. The summed E-state index contributed by atoms with van der Waals surface area (Å²) in [6.07, 6.45) is 8.12. The molecule has 0 bridgehead atoms. The fraction of sp³-hybridized carbons (Fsp3) is 1.00. The van der Waals surface area contributed by atoms with Gasteiger partial charge in [-0.2, -0.15) is 0 Å². The van der Waals surface area contributed by atoms with Gasteiger partial charge in [-0.15, -0.1) is 0 Å². The zero-order valence-electron chi connectivity index (χ0n) is 11.6. The molecule has 0 aromatic carbocycles. The third-order valence-corrected chi connectivity index (χ3v) is 5.08. The molecular weight excluding hydrogens is 196 g/mol. The predicted octanol–water partition coefficient (Wildman–Crippen LogP) is 4.25. The van der Waals surface area contributed by atoms with Gasteiger partial charge < -0.3 is 5.11 Å². The minimum atomic E-state index is 0.350.